The molecule has 0 aliphatic heterocycles. The highest BCUT2D eigenvalue weighted by molar-refractivity contribution is 7.11. The lowest BCUT2D eigenvalue weighted by Gasteiger charge is -2.16. The minimum atomic E-state index is -1.10. The lowest BCUT2D eigenvalue weighted by molar-refractivity contribution is 0.0697. The van der Waals surface area contributed by atoms with Crippen molar-refractivity contribution in [2.45, 2.75) is 13.8 Å². The molecule has 0 saturated heterocycles. The van der Waals surface area contributed by atoms with Crippen LogP contribution in [-0.2, 0) is 0 Å². The summed E-state index contributed by atoms with van der Waals surface area (Å²) >= 11 is 6.94. The number of nitrogens with zero attached hydrogens (tertiary/aromatic N) is 2. The molecule has 1 heterocycles. The molecule has 7 heteroatoms. The summed E-state index contributed by atoms with van der Waals surface area (Å²) in [6, 6.07) is 5.01. The van der Waals surface area contributed by atoms with E-state index in [2.05, 4.69) is 4.37 Å². The summed E-state index contributed by atoms with van der Waals surface area (Å²) in [5.74, 6) is -1.43. The minimum absolute atomic E-state index is 0.0506. The Labute approximate surface area is 130 Å². The molecule has 2 rings (SSSR count). The first kappa shape index (κ1) is 15.5. The van der Waals surface area contributed by atoms with Gasteiger partial charge in [-0.25, -0.2) is 4.79 Å². The van der Waals surface area contributed by atoms with E-state index >= 15 is 0 Å². The van der Waals surface area contributed by atoms with Gasteiger partial charge in [-0.3, -0.25) is 4.79 Å². The van der Waals surface area contributed by atoms with Crippen molar-refractivity contribution < 1.29 is 14.7 Å². The molecule has 0 aliphatic carbocycles. The Kier molecular flexibility index (Phi) is 4.29. The number of benzene rings is 1. The molecule has 5 nitrogen and oxygen atoms in total. The number of hydrogen-bond donors (Lipinski definition) is 1. The highest BCUT2D eigenvalue weighted by Crippen LogP contribution is 2.29. The molecule has 0 unspecified atom stereocenters. The van der Waals surface area contributed by atoms with Gasteiger partial charge in [0.15, 0.2) is 0 Å². The van der Waals surface area contributed by atoms with Crippen molar-refractivity contribution in [2.24, 2.45) is 0 Å². The topological polar surface area (TPSA) is 70.5 Å². The zero-order valence-electron chi connectivity index (χ0n) is 11.7. The molecule has 21 heavy (non-hydrogen) atoms. The number of aryl methyl sites for hydroxylation is 2. The fourth-order valence-electron chi connectivity index (χ4n) is 1.98. The van der Waals surface area contributed by atoms with Gasteiger partial charge in [0, 0.05) is 17.6 Å². The van der Waals surface area contributed by atoms with E-state index in [1.165, 1.54) is 11.9 Å². The van der Waals surface area contributed by atoms with E-state index in [0.717, 1.165) is 17.1 Å². The van der Waals surface area contributed by atoms with Crippen molar-refractivity contribution >= 4 is 40.0 Å². The fraction of sp³-hybridized carbons (Fsp3) is 0.214. The van der Waals surface area contributed by atoms with Crippen LogP contribution in [0.25, 0.3) is 0 Å². The Hall–Kier alpha value is -1.92. The number of aromatic nitrogens is 1. The van der Waals surface area contributed by atoms with Gasteiger partial charge in [-0.2, -0.15) is 4.37 Å². The maximum Gasteiger partial charge on any atom is 0.340 e. The molecule has 1 aromatic heterocycles. The van der Waals surface area contributed by atoms with Crippen LogP contribution in [0.3, 0.4) is 0 Å². The second-order valence-electron chi connectivity index (χ2n) is 4.63. The summed E-state index contributed by atoms with van der Waals surface area (Å²) in [6.07, 6.45) is 0. The van der Waals surface area contributed by atoms with Gasteiger partial charge in [0.2, 0.25) is 0 Å². The molecule has 0 spiro atoms. The third-order valence-electron chi connectivity index (χ3n) is 2.96. The van der Waals surface area contributed by atoms with Gasteiger partial charge >= 0.3 is 5.97 Å². The zero-order valence-corrected chi connectivity index (χ0v) is 13.2. The predicted molar refractivity (Wildman–Crippen MR) is 82.7 cm³/mol. The van der Waals surface area contributed by atoms with Gasteiger partial charge in [-0.1, -0.05) is 11.6 Å². The fourth-order valence-corrected chi connectivity index (χ4v) is 3.11. The average Bonchev–Trinajstić information content (AvgIpc) is 2.77. The number of halogens is 1. The molecule has 0 aliphatic rings. The Bertz CT molecular complexity index is 707. The van der Waals surface area contributed by atoms with Gasteiger partial charge < -0.3 is 10.0 Å². The van der Waals surface area contributed by atoms with Crippen LogP contribution >= 0.6 is 23.1 Å². The molecule has 0 saturated carbocycles. The summed E-state index contributed by atoms with van der Waals surface area (Å²) < 4.78 is 4.01. The molecule has 0 bridgehead atoms. The Balaban J connectivity index is 2.42. The molecular weight excluding hydrogens is 312 g/mol. The van der Waals surface area contributed by atoms with Crippen LogP contribution in [0.2, 0.25) is 5.02 Å². The van der Waals surface area contributed by atoms with Crippen molar-refractivity contribution in [3.05, 3.63) is 45.6 Å². The van der Waals surface area contributed by atoms with Crippen LogP contribution in [-0.4, -0.2) is 28.4 Å². The quantitative estimate of drug-likeness (QED) is 0.939. The molecule has 1 amide bonds. The maximum atomic E-state index is 12.5. The molecule has 0 atom stereocenters. The van der Waals surface area contributed by atoms with Crippen molar-refractivity contribution in [3.8, 4) is 0 Å². The van der Waals surface area contributed by atoms with Gasteiger partial charge in [0.1, 0.15) is 10.6 Å². The van der Waals surface area contributed by atoms with Crippen molar-refractivity contribution in [3.63, 3.8) is 0 Å². The highest BCUT2D eigenvalue weighted by Gasteiger charge is 2.24. The summed E-state index contributed by atoms with van der Waals surface area (Å²) in [4.78, 5) is 25.1. The van der Waals surface area contributed by atoms with E-state index in [4.69, 9.17) is 11.6 Å². The predicted octanol–water partition coefficient (Wildman–Crippen LogP) is 3.39. The number of carbonyl (C=O) groups is 2. The second kappa shape index (κ2) is 5.83. The Morgan fingerprint density at radius 2 is 1.95 bits per heavy atom. The van der Waals surface area contributed by atoms with Gasteiger partial charge in [-0.05, 0) is 49.1 Å². The largest absolute Gasteiger partial charge is 0.478 e. The molecule has 0 radical (unpaired) electrons. The van der Waals surface area contributed by atoms with Crippen LogP contribution in [0.4, 0.5) is 5.00 Å². The number of anilines is 1. The molecule has 110 valence electrons. The van der Waals surface area contributed by atoms with E-state index in [-0.39, 0.29) is 11.5 Å². The molecule has 2 aromatic rings. The monoisotopic (exact) mass is 324 g/mol. The van der Waals surface area contributed by atoms with E-state index in [0.29, 0.717) is 21.3 Å². The van der Waals surface area contributed by atoms with Gasteiger partial charge in [0.25, 0.3) is 5.91 Å². The zero-order chi connectivity index (χ0) is 15.7. The Morgan fingerprint density at radius 1 is 1.29 bits per heavy atom. The molecule has 1 N–H and O–H groups in total. The number of rotatable bonds is 3. The lowest BCUT2D eigenvalue weighted by atomic mass is 10.1. The second-order valence-corrected chi connectivity index (χ2v) is 5.82. The third-order valence-corrected chi connectivity index (χ3v) is 4.19. The van der Waals surface area contributed by atoms with Crippen LogP contribution in [0, 0.1) is 13.8 Å². The summed E-state index contributed by atoms with van der Waals surface area (Å²) in [6.45, 7) is 3.44. The van der Waals surface area contributed by atoms with Crippen molar-refractivity contribution in [1.82, 2.24) is 4.37 Å². The number of carboxylic acids is 1. The number of carbonyl (C=O) groups excluding carboxylic acids is 1. The Morgan fingerprint density at radius 3 is 2.52 bits per heavy atom. The van der Waals surface area contributed by atoms with Crippen molar-refractivity contribution in [1.29, 1.82) is 0 Å². The van der Waals surface area contributed by atoms with Gasteiger partial charge in [0.05, 0.1) is 5.69 Å². The first-order chi connectivity index (χ1) is 9.81. The number of carboxylic acid groups (broad SMARTS) is 1. The van der Waals surface area contributed by atoms with E-state index in [1.807, 2.05) is 6.92 Å². The molecule has 1 aromatic carbocycles. The summed E-state index contributed by atoms with van der Waals surface area (Å²) in [7, 11) is 1.53. The molecule has 0 fully saturated rings. The first-order valence-electron chi connectivity index (χ1n) is 6.06. The van der Waals surface area contributed by atoms with Crippen LogP contribution < -0.4 is 4.90 Å². The third kappa shape index (κ3) is 3.06. The first-order valence-corrected chi connectivity index (χ1v) is 7.21. The van der Waals surface area contributed by atoms with Crippen LogP contribution in [0.15, 0.2) is 18.2 Å². The standard InChI is InChI=1S/C14H13ClN2O3S/c1-7-4-9(6-10(15)5-7)12(18)17(3)13-11(14(19)20)8(2)16-21-13/h4-6H,1-3H3,(H,19,20). The van der Waals surface area contributed by atoms with Crippen LogP contribution in [0.5, 0.6) is 0 Å². The van der Waals surface area contributed by atoms with Crippen LogP contribution in [0.1, 0.15) is 32.0 Å². The van der Waals surface area contributed by atoms with E-state index < -0.39 is 5.97 Å². The average molecular weight is 325 g/mol. The smallest absolute Gasteiger partial charge is 0.340 e. The summed E-state index contributed by atoms with van der Waals surface area (Å²) in [5, 5.41) is 10.0. The normalized spacial score (nSPS) is 10.5. The minimum Gasteiger partial charge on any atom is -0.478 e. The highest BCUT2D eigenvalue weighted by atomic mass is 35.5. The SMILES string of the molecule is Cc1cc(Cl)cc(C(=O)N(C)c2snc(C)c2C(=O)O)c1. The van der Waals surface area contributed by atoms with E-state index in [9.17, 15) is 14.7 Å². The van der Waals surface area contributed by atoms with E-state index in [1.54, 1.807) is 25.1 Å². The number of aromatic carboxylic acids is 1. The van der Waals surface area contributed by atoms with Gasteiger partial charge in [-0.15, -0.1) is 0 Å². The summed E-state index contributed by atoms with van der Waals surface area (Å²) in [5.41, 5.74) is 1.71. The molecular formula is C14H13ClN2O3S. The number of amides is 1. The number of hydrogen-bond acceptors (Lipinski definition) is 4. The lowest BCUT2D eigenvalue weighted by Crippen LogP contribution is -2.27. The maximum absolute atomic E-state index is 12.5. The van der Waals surface area contributed by atoms with Crippen molar-refractivity contribution in [2.75, 3.05) is 11.9 Å².